The van der Waals surface area contributed by atoms with Crippen molar-refractivity contribution in [3.63, 3.8) is 0 Å². The average molecular weight is 282 g/mol. The van der Waals surface area contributed by atoms with Gasteiger partial charge in [0.25, 0.3) is 0 Å². The molecule has 68 valence electrons. The van der Waals surface area contributed by atoms with E-state index in [-0.39, 0.29) is 12.5 Å². The number of hydrogen-bond donors (Lipinski definition) is 1. The molecule has 0 aromatic carbocycles. The normalized spacial score (nSPS) is 34.8. The lowest BCUT2D eigenvalue weighted by Gasteiger charge is -2.13. The van der Waals surface area contributed by atoms with E-state index in [4.69, 9.17) is 4.74 Å². The van der Waals surface area contributed by atoms with Crippen LogP contribution in [0.4, 0.5) is 0 Å². The fourth-order valence-corrected chi connectivity index (χ4v) is 1.75. The molecule has 1 aliphatic rings. The monoisotopic (exact) mass is 282 g/mol. The van der Waals surface area contributed by atoms with E-state index in [1.807, 2.05) is 0 Å². The van der Waals surface area contributed by atoms with Crippen LogP contribution in [0.5, 0.6) is 0 Å². The summed E-state index contributed by atoms with van der Waals surface area (Å²) >= 11 is 2.13. The highest BCUT2D eigenvalue weighted by atomic mass is 127. The number of rotatable bonds is 3. The van der Waals surface area contributed by atoms with Gasteiger partial charge in [-0.15, -0.1) is 6.58 Å². The predicted octanol–water partition coefficient (Wildman–Crippen LogP) is 1.04. The molecule has 1 saturated heterocycles. The third-order valence-corrected chi connectivity index (χ3v) is 2.86. The SMILES string of the molecule is C=CC[C@]1(O)C[C@@H](CI)OC1=O. The Kier molecular flexibility index (Phi) is 3.11. The number of hydrogen-bond acceptors (Lipinski definition) is 3. The molecule has 0 bridgehead atoms. The van der Waals surface area contributed by atoms with Crippen molar-refractivity contribution in [3.8, 4) is 0 Å². The Morgan fingerprint density at radius 1 is 1.92 bits per heavy atom. The zero-order chi connectivity index (χ0) is 9.19. The standard InChI is InChI=1S/C8H11IO3/c1-2-3-8(11)4-6(5-9)12-7(8)10/h2,6,11H,1,3-5H2/t6-,8-/m0/s1. The minimum Gasteiger partial charge on any atom is -0.459 e. The second-order valence-electron chi connectivity index (χ2n) is 2.91. The summed E-state index contributed by atoms with van der Waals surface area (Å²) in [7, 11) is 0. The second kappa shape index (κ2) is 3.74. The van der Waals surface area contributed by atoms with Gasteiger partial charge in [0.1, 0.15) is 6.10 Å². The van der Waals surface area contributed by atoms with Crippen LogP contribution in [0.25, 0.3) is 0 Å². The highest BCUT2D eigenvalue weighted by Crippen LogP contribution is 2.29. The molecular formula is C8H11IO3. The lowest BCUT2D eigenvalue weighted by Crippen LogP contribution is -2.33. The number of cyclic esters (lactones) is 1. The maximum atomic E-state index is 11.1. The van der Waals surface area contributed by atoms with Crippen LogP contribution >= 0.6 is 22.6 Å². The molecule has 0 amide bonds. The molecule has 1 N–H and O–H groups in total. The number of ether oxygens (including phenoxy) is 1. The number of halogens is 1. The van der Waals surface area contributed by atoms with Gasteiger partial charge in [-0.2, -0.15) is 0 Å². The first-order chi connectivity index (χ1) is 5.62. The van der Waals surface area contributed by atoms with E-state index in [1.54, 1.807) is 0 Å². The van der Waals surface area contributed by atoms with Crippen molar-refractivity contribution in [1.29, 1.82) is 0 Å². The molecule has 0 radical (unpaired) electrons. The van der Waals surface area contributed by atoms with Crippen LogP contribution in [0.15, 0.2) is 12.7 Å². The van der Waals surface area contributed by atoms with Gasteiger partial charge in [-0.3, -0.25) is 0 Å². The smallest absolute Gasteiger partial charge is 0.338 e. The minimum absolute atomic E-state index is 0.136. The summed E-state index contributed by atoms with van der Waals surface area (Å²) in [6, 6.07) is 0. The van der Waals surface area contributed by atoms with Gasteiger partial charge in [0.05, 0.1) is 0 Å². The van der Waals surface area contributed by atoms with Crippen LogP contribution in [0.3, 0.4) is 0 Å². The third-order valence-electron chi connectivity index (χ3n) is 1.87. The summed E-state index contributed by atoms with van der Waals surface area (Å²) < 4.78 is 5.66. The minimum atomic E-state index is -1.31. The number of carbonyl (C=O) groups excluding carboxylic acids is 1. The van der Waals surface area contributed by atoms with Crippen LogP contribution in [0, 0.1) is 0 Å². The Hall–Kier alpha value is -0.100. The predicted molar refractivity (Wildman–Crippen MR) is 53.1 cm³/mol. The van der Waals surface area contributed by atoms with Crippen molar-refractivity contribution in [2.75, 3.05) is 4.43 Å². The molecule has 4 heteroatoms. The zero-order valence-electron chi connectivity index (χ0n) is 6.62. The Labute approximate surface area is 84.9 Å². The van der Waals surface area contributed by atoms with Crippen LogP contribution in [0.2, 0.25) is 0 Å². The van der Waals surface area contributed by atoms with Gasteiger partial charge in [0.15, 0.2) is 5.60 Å². The van der Waals surface area contributed by atoms with E-state index >= 15 is 0 Å². The van der Waals surface area contributed by atoms with Gasteiger partial charge in [-0.1, -0.05) is 28.7 Å². The lowest BCUT2D eigenvalue weighted by atomic mass is 9.96. The molecule has 1 heterocycles. The van der Waals surface area contributed by atoms with Crippen molar-refractivity contribution in [1.82, 2.24) is 0 Å². The van der Waals surface area contributed by atoms with Gasteiger partial charge in [-0.05, 0) is 0 Å². The Morgan fingerprint density at radius 3 is 3.00 bits per heavy atom. The van der Waals surface area contributed by atoms with E-state index < -0.39 is 11.6 Å². The fraction of sp³-hybridized carbons (Fsp3) is 0.625. The molecule has 1 rings (SSSR count). The fourth-order valence-electron chi connectivity index (χ4n) is 1.25. The largest absolute Gasteiger partial charge is 0.459 e. The van der Waals surface area contributed by atoms with E-state index in [9.17, 15) is 9.90 Å². The van der Waals surface area contributed by atoms with Crippen LogP contribution in [-0.2, 0) is 9.53 Å². The van der Waals surface area contributed by atoms with Crippen LogP contribution in [0.1, 0.15) is 12.8 Å². The first kappa shape index (κ1) is 9.98. The summed E-state index contributed by atoms with van der Waals surface area (Å²) in [5.74, 6) is -0.510. The van der Waals surface area contributed by atoms with Gasteiger partial charge < -0.3 is 9.84 Å². The van der Waals surface area contributed by atoms with Gasteiger partial charge >= 0.3 is 5.97 Å². The maximum absolute atomic E-state index is 11.1. The Morgan fingerprint density at radius 2 is 2.58 bits per heavy atom. The van der Waals surface area contributed by atoms with Crippen molar-refractivity contribution >= 4 is 28.6 Å². The molecule has 3 nitrogen and oxygen atoms in total. The second-order valence-corrected chi connectivity index (χ2v) is 3.79. The van der Waals surface area contributed by atoms with E-state index in [0.717, 1.165) is 4.43 Å². The molecule has 0 unspecified atom stereocenters. The highest BCUT2D eigenvalue weighted by molar-refractivity contribution is 14.1. The number of carbonyl (C=O) groups is 1. The summed E-state index contributed by atoms with van der Waals surface area (Å²) in [5, 5.41) is 9.71. The number of alkyl halides is 1. The van der Waals surface area contributed by atoms with E-state index in [2.05, 4.69) is 29.2 Å². The van der Waals surface area contributed by atoms with E-state index in [1.165, 1.54) is 6.08 Å². The van der Waals surface area contributed by atoms with Crippen molar-refractivity contribution in [2.45, 2.75) is 24.5 Å². The lowest BCUT2D eigenvalue weighted by molar-refractivity contribution is -0.154. The molecule has 0 saturated carbocycles. The summed E-state index contributed by atoms with van der Waals surface area (Å²) in [6.07, 6.45) is 2.07. The quantitative estimate of drug-likeness (QED) is 0.364. The molecule has 0 aromatic heterocycles. The number of esters is 1. The van der Waals surface area contributed by atoms with Crippen molar-refractivity contribution < 1.29 is 14.6 Å². The van der Waals surface area contributed by atoms with Gasteiger partial charge in [0.2, 0.25) is 0 Å². The van der Waals surface area contributed by atoms with Gasteiger partial charge in [-0.25, -0.2) is 4.79 Å². The number of aliphatic hydroxyl groups is 1. The van der Waals surface area contributed by atoms with Crippen molar-refractivity contribution in [2.24, 2.45) is 0 Å². The van der Waals surface area contributed by atoms with Crippen molar-refractivity contribution in [3.05, 3.63) is 12.7 Å². The Bertz CT molecular complexity index is 204. The molecule has 12 heavy (non-hydrogen) atoms. The molecule has 1 aliphatic heterocycles. The summed E-state index contributed by atoms with van der Waals surface area (Å²) in [4.78, 5) is 11.1. The first-order valence-electron chi connectivity index (χ1n) is 3.72. The summed E-state index contributed by atoms with van der Waals surface area (Å²) in [6.45, 7) is 3.49. The molecule has 0 spiro atoms. The van der Waals surface area contributed by atoms with E-state index in [0.29, 0.717) is 6.42 Å². The molecule has 0 aromatic rings. The zero-order valence-corrected chi connectivity index (χ0v) is 8.78. The van der Waals surface area contributed by atoms with Crippen LogP contribution < -0.4 is 0 Å². The Balaban J connectivity index is 2.66. The molecule has 0 aliphatic carbocycles. The molecular weight excluding hydrogens is 271 g/mol. The average Bonchev–Trinajstić information content (AvgIpc) is 2.29. The third kappa shape index (κ3) is 1.80. The maximum Gasteiger partial charge on any atom is 0.338 e. The molecule has 1 fully saturated rings. The first-order valence-corrected chi connectivity index (χ1v) is 5.25. The highest BCUT2D eigenvalue weighted by Gasteiger charge is 2.46. The summed E-state index contributed by atoms with van der Waals surface area (Å²) in [5.41, 5.74) is -1.31. The van der Waals surface area contributed by atoms with Crippen LogP contribution in [-0.4, -0.2) is 27.2 Å². The topological polar surface area (TPSA) is 46.5 Å². The van der Waals surface area contributed by atoms with Gasteiger partial charge in [0, 0.05) is 17.3 Å². The molecule has 2 atom stereocenters.